The number of ether oxygens (including phenoxy) is 1. The first-order chi connectivity index (χ1) is 19.6. The number of hydrogen-bond donors (Lipinski definition) is 5. The highest BCUT2D eigenvalue weighted by molar-refractivity contribution is 7.92. The minimum Gasteiger partial charge on any atom is -0.492 e. The topological polar surface area (TPSA) is 169 Å². The highest BCUT2D eigenvalue weighted by Gasteiger charge is 2.23. The Labute approximate surface area is 244 Å². The summed E-state index contributed by atoms with van der Waals surface area (Å²) in [5, 5.41) is 6.16. The lowest BCUT2D eigenvalue weighted by atomic mass is 9.86. The van der Waals surface area contributed by atoms with Crippen molar-refractivity contribution in [1.82, 2.24) is 5.32 Å². The predicted octanol–water partition coefficient (Wildman–Crippen LogP) is 3.55. The fraction of sp³-hybridized carbons (Fsp3) is 0.241. The van der Waals surface area contributed by atoms with E-state index < -0.39 is 33.1 Å². The molecule has 3 rings (SSSR count). The lowest BCUT2D eigenvalue weighted by Crippen LogP contribution is -2.33. The normalized spacial score (nSPS) is 11.9. The molecule has 13 heteroatoms. The molecule has 0 radical (unpaired) electrons. The summed E-state index contributed by atoms with van der Waals surface area (Å²) in [5.41, 5.74) is 6.87. The zero-order valence-corrected chi connectivity index (χ0v) is 24.8. The minimum absolute atomic E-state index is 0.0168. The van der Waals surface area contributed by atoms with E-state index >= 15 is 0 Å². The number of hydrazine groups is 1. The zero-order chi connectivity index (χ0) is 31.2. The largest absolute Gasteiger partial charge is 0.492 e. The lowest BCUT2D eigenvalue weighted by molar-refractivity contribution is -0.117. The number of rotatable bonds is 10. The van der Waals surface area contributed by atoms with Gasteiger partial charge in [-0.25, -0.2) is 18.7 Å². The van der Waals surface area contributed by atoms with Gasteiger partial charge in [-0.05, 0) is 46.9 Å². The van der Waals surface area contributed by atoms with Crippen LogP contribution in [0.25, 0.3) is 0 Å². The number of anilines is 3. The smallest absolute Gasteiger partial charge is 0.268 e. The fourth-order valence-electron chi connectivity index (χ4n) is 3.85. The molecule has 0 saturated heterocycles. The van der Waals surface area contributed by atoms with E-state index in [0.29, 0.717) is 5.56 Å². The number of methoxy groups -OCH3 is 1. The molecule has 42 heavy (non-hydrogen) atoms. The highest BCUT2D eigenvalue weighted by atomic mass is 32.2. The van der Waals surface area contributed by atoms with Gasteiger partial charge in [-0.15, -0.1) is 0 Å². The summed E-state index contributed by atoms with van der Waals surface area (Å²) in [7, 11) is -2.33. The van der Waals surface area contributed by atoms with E-state index in [1.165, 1.54) is 19.2 Å². The van der Waals surface area contributed by atoms with Gasteiger partial charge in [0.2, 0.25) is 10.0 Å². The number of nitrogens with zero attached hydrogens (tertiary/aromatic N) is 1. The van der Waals surface area contributed by atoms with Crippen LogP contribution < -0.4 is 36.7 Å². The number of hydrogen-bond acceptors (Lipinski definition) is 8. The van der Waals surface area contributed by atoms with E-state index in [1.807, 2.05) is 51.1 Å². The number of nitrogens with two attached hydrogens (primary N) is 2. The molecule has 0 bridgehead atoms. The molecule has 3 aromatic carbocycles. The van der Waals surface area contributed by atoms with Gasteiger partial charge < -0.3 is 21.1 Å². The molecule has 224 valence electrons. The van der Waals surface area contributed by atoms with Crippen LogP contribution in [0.1, 0.15) is 42.3 Å². The van der Waals surface area contributed by atoms with Crippen molar-refractivity contribution in [2.45, 2.75) is 32.7 Å². The Kier molecular flexibility index (Phi) is 9.81. The first-order valence-electron chi connectivity index (χ1n) is 12.7. The quantitative estimate of drug-likeness (QED) is 0.134. The molecule has 0 aliphatic rings. The Morgan fingerprint density at radius 3 is 2.29 bits per heavy atom. The van der Waals surface area contributed by atoms with E-state index in [2.05, 4.69) is 15.4 Å². The van der Waals surface area contributed by atoms with Crippen LogP contribution >= 0.6 is 0 Å². The SMILES string of the molecule is COc1c(NC(=O)c2ccc(F)c(N(N)C=C(N)C(=O)NCc3ccccc3)c2)cc(C(C)(C)C)cc1NS(C)(=O)=O. The van der Waals surface area contributed by atoms with Crippen LogP contribution in [0.2, 0.25) is 0 Å². The number of carbonyl (C=O) groups is 2. The van der Waals surface area contributed by atoms with Gasteiger partial charge in [0.25, 0.3) is 11.8 Å². The third kappa shape index (κ3) is 8.44. The predicted molar refractivity (Wildman–Crippen MR) is 162 cm³/mol. The van der Waals surface area contributed by atoms with Crippen LogP contribution in [-0.2, 0) is 26.8 Å². The molecule has 0 aromatic heterocycles. The van der Waals surface area contributed by atoms with Crippen molar-refractivity contribution in [2.75, 3.05) is 28.4 Å². The van der Waals surface area contributed by atoms with Gasteiger partial charge in [0, 0.05) is 12.1 Å². The van der Waals surface area contributed by atoms with Crippen LogP contribution in [0.5, 0.6) is 5.75 Å². The third-order valence-corrected chi connectivity index (χ3v) is 6.62. The third-order valence-electron chi connectivity index (χ3n) is 6.03. The van der Waals surface area contributed by atoms with E-state index in [1.54, 1.807) is 12.1 Å². The summed E-state index contributed by atoms with van der Waals surface area (Å²) in [6.07, 6.45) is 2.04. The molecule has 11 nitrogen and oxygen atoms in total. The van der Waals surface area contributed by atoms with Crippen LogP contribution in [0.3, 0.4) is 0 Å². The number of carbonyl (C=O) groups excluding carboxylic acids is 2. The second kappa shape index (κ2) is 12.9. The van der Waals surface area contributed by atoms with Gasteiger partial charge in [0.1, 0.15) is 11.5 Å². The van der Waals surface area contributed by atoms with Gasteiger partial charge in [-0.3, -0.25) is 19.3 Å². The number of amides is 2. The Morgan fingerprint density at radius 1 is 1.05 bits per heavy atom. The Hall–Kier alpha value is -4.62. The summed E-state index contributed by atoms with van der Waals surface area (Å²) in [4.78, 5) is 25.7. The zero-order valence-electron chi connectivity index (χ0n) is 24.0. The van der Waals surface area contributed by atoms with Gasteiger partial charge in [-0.1, -0.05) is 51.1 Å². The fourth-order valence-corrected chi connectivity index (χ4v) is 4.41. The second-order valence-corrected chi connectivity index (χ2v) is 12.3. The van der Waals surface area contributed by atoms with Crippen molar-refractivity contribution in [3.63, 3.8) is 0 Å². The second-order valence-electron chi connectivity index (χ2n) is 10.5. The Balaban J connectivity index is 1.87. The lowest BCUT2D eigenvalue weighted by Gasteiger charge is -2.24. The molecule has 0 aliphatic carbocycles. The first kappa shape index (κ1) is 31.9. The monoisotopic (exact) mass is 598 g/mol. The standard InChI is InChI=1S/C29H35FN6O5S/c1-29(2,3)20-14-23(26(41-4)24(15-20)35-42(5,39)40)34-27(37)19-11-12-21(30)25(13-19)36(32)17-22(31)28(38)33-16-18-9-7-6-8-10-18/h6-15,17,35H,16,31-32H2,1-5H3,(H,33,38)(H,34,37). The van der Waals surface area contributed by atoms with E-state index in [-0.39, 0.29) is 40.6 Å². The summed E-state index contributed by atoms with van der Waals surface area (Å²) in [6.45, 7) is 6.00. The molecule has 0 saturated carbocycles. The molecule has 3 aromatic rings. The molecule has 0 spiro atoms. The molecule has 0 atom stereocenters. The van der Waals surface area contributed by atoms with Crippen molar-refractivity contribution in [3.05, 3.63) is 95.1 Å². The molecule has 2 amide bonds. The maximum Gasteiger partial charge on any atom is 0.268 e. The van der Waals surface area contributed by atoms with Gasteiger partial charge in [0.15, 0.2) is 5.75 Å². The highest BCUT2D eigenvalue weighted by Crippen LogP contribution is 2.39. The van der Waals surface area contributed by atoms with E-state index in [9.17, 15) is 22.4 Å². The molecular formula is C29H35FN6O5S. The van der Waals surface area contributed by atoms with Crippen molar-refractivity contribution in [2.24, 2.45) is 11.6 Å². The van der Waals surface area contributed by atoms with Crippen LogP contribution in [0, 0.1) is 5.82 Å². The summed E-state index contributed by atoms with van der Waals surface area (Å²) < 4.78 is 46.6. The molecule has 0 fully saturated rings. The average molecular weight is 599 g/mol. The van der Waals surface area contributed by atoms with Crippen LogP contribution in [0.15, 0.2) is 72.6 Å². The summed E-state index contributed by atoms with van der Waals surface area (Å²) in [5.74, 6) is 4.04. The molecular weight excluding hydrogens is 563 g/mol. The summed E-state index contributed by atoms with van der Waals surface area (Å²) in [6, 6.07) is 16.0. The van der Waals surface area contributed by atoms with E-state index in [0.717, 1.165) is 29.1 Å². The Bertz CT molecular complexity index is 1600. The van der Waals surface area contributed by atoms with Gasteiger partial charge in [-0.2, -0.15) is 0 Å². The Morgan fingerprint density at radius 2 is 1.69 bits per heavy atom. The number of halogens is 1. The maximum atomic E-state index is 14.7. The molecule has 0 aliphatic heterocycles. The van der Waals surface area contributed by atoms with Crippen LogP contribution in [-0.4, -0.2) is 33.6 Å². The number of nitrogens with one attached hydrogen (secondary N) is 3. The first-order valence-corrected chi connectivity index (χ1v) is 14.6. The maximum absolute atomic E-state index is 14.7. The van der Waals surface area contributed by atoms with Gasteiger partial charge in [0.05, 0.1) is 36.6 Å². The number of benzene rings is 3. The molecule has 0 unspecified atom stereocenters. The minimum atomic E-state index is -3.67. The van der Waals surface area contributed by atoms with E-state index in [4.69, 9.17) is 16.3 Å². The van der Waals surface area contributed by atoms with Crippen molar-refractivity contribution >= 4 is 38.9 Å². The molecule has 0 heterocycles. The average Bonchev–Trinajstić information content (AvgIpc) is 2.90. The van der Waals surface area contributed by atoms with Crippen molar-refractivity contribution in [3.8, 4) is 5.75 Å². The van der Waals surface area contributed by atoms with Gasteiger partial charge >= 0.3 is 0 Å². The molecule has 7 N–H and O–H groups in total. The van der Waals surface area contributed by atoms with Crippen LogP contribution in [0.4, 0.5) is 21.5 Å². The van der Waals surface area contributed by atoms with Crippen molar-refractivity contribution in [1.29, 1.82) is 0 Å². The number of sulfonamides is 1. The van der Waals surface area contributed by atoms with Crippen molar-refractivity contribution < 1.29 is 27.1 Å². The summed E-state index contributed by atoms with van der Waals surface area (Å²) >= 11 is 0.